The van der Waals surface area contributed by atoms with E-state index < -0.39 is 0 Å². The van der Waals surface area contributed by atoms with Crippen molar-refractivity contribution in [3.8, 4) is 0 Å². The summed E-state index contributed by atoms with van der Waals surface area (Å²) in [6, 6.07) is 8.28. The number of hydrogen-bond acceptors (Lipinski definition) is 0. The Bertz CT molecular complexity index is 254. The molecule has 0 heterocycles. The first-order chi connectivity index (χ1) is 9.01. The zero-order chi connectivity index (χ0) is 15.7. The molecule has 1 aromatic rings. The highest BCUT2D eigenvalue weighted by Crippen LogP contribution is 2.02. The Kier molecular flexibility index (Phi) is 23.5. The minimum absolute atomic E-state index is 0.884. The van der Waals surface area contributed by atoms with Crippen LogP contribution >= 0.6 is 0 Å². The molecular weight excluding hydrogens is 228 g/mol. The summed E-state index contributed by atoms with van der Waals surface area (Å²) < 4.78 is 0. The lowest BCUT2D eigenvalue weighted by atomic mass is 10.2. The van der Waals surface area contributed by atoms with Crippen molar-refractivity contribution in [2.24, 2.45) is 5.92 Å². The summed E-state index contributed by atoms with van der Waals surface area (Å²) in [5.74, 6) is 0.884. The van der Waals surface area contributed by atoms with Crippen LogP contribution in [0.3, 0.4) is 0 Å². The van der Waals surface area contributed by atoms with Gasteiger partial charge < -0.3 is 0 Å². The molecule has 0 aliphatic rings. The second-order valence-corrected chi connectivity index (χ2v) is 4.62. The van der Waals surface area contributed by atoms with Crippen molar-refractivity contribution in [1.82, 2.24) is 0 Å². The van der Waals surface area contributed by atoms with E-state index in [1.807, 2.05) is 19.9 Å². The predicted molar refractivity (Wildman–Crippen MR) is 93.7 cm³/mol. The minimum atomic E-state index is 0.884. The summed E-state index contributed by atoms with van der Waals surface area (Å²) in [4.78, 5) is 0. The summed E-state index contributed by atoms with van der Waals surface area (Å²) in [6.07, 6.45) is 4.40. The van der Waals surface area contributed by atoms with Gasteiger partial charge in [-0.05, 0) is 18.4 Å². The monoisotopic (exact) mass is 264 g/mol. The molecule has 112 valence electrons. The van der Waals surface area contributed by atoms with Gasteiger partial charge in [-0.3, -0.25) is 0 Å². The fourth-order valence-corrected chi connectivity index (χ4v) is 0.703. The molecule has 0 spiro atoms. The lowest BCUT2D eigenvalue weighted by molar-refractivity contribution is 0.626. The van der Waals surface area contributed by atoms with Crippen LogP contribution in [-0.2, 0) is 0 Å². The molecule has 0 nitrogen and oxygen atoms in total. The fraction of sp³-hybridized carbons (Fsp3) is 0.579. The van der Waals surface area contributed by atoms with Crippen LogP contribution in [0.2, 0.25) is 0 Å². The molecule has 0 radical (unpaired) electrons. The van der Waals surface area contributed by atoms with E-state index in [2.05, 4.69) is 72.4 Å². The molecule has 0 unspecified atom stereocenters. The van der Waals surface area contributed by atoms with Gasteiger partial charge in [0.05, 0.1) is 0 Å². The zero-order valence-electron chi connectivity index (χ0n) is 14.6. The second kappa shape index (κ2) is 19.3. The fourth-order valence-electron chi connectivity index (χ4n) is 0.703. The number of rotatable bonds is 2. The van der Waals surface area contributed by atoms with Gasteiger partial charge in [0.1, 0.15) is 0 Å². The summed E-state index contributed by atoms with van der Waals surface area (Å²) in [5, 5.41) is 0. The van der Waals surface area contributed by atoms with Crippen LogP contribution in [0.25, 0.3) is 6.08 Å². The van der Waals surface area contributed by atoms with Gasteiger partial charge in [-0.2, -0.15) is 0 Å². The Hall–Kier alpha value is -1.04. The quantitative estimate of drug-likeness (QED) is 0.533. The summed E-state index contributed by atoms with van der Waals surface area (Å²) >= 11 is 0. The van der Waals surface area contributed by atoms with Gasteiger partial charge in [0, 0.05) is 0 Å². The molecule has 0 aliphatic heterocycles. The topological polar surface area (TPSA) is 0 Å². The van der Waals surface area contributed by atoms with Crippen molar-refractivity contribution >= 4 is 6.08 Å². The highest BCUT2D eigenvalue weighted by Gasteiger charge is 1.82. The predicted octanol–water partition coefficient (Wildman–Crippen LogP) is 7.13. The van der Waals surface area contributed by atoms with Crippen LogP contribution in [0.1, 0.15) is 72.4 Å². The third-order valence-electron chi connectivity index (χ3n) is 2.13. The van der Waals surface area contributed by atoms with Crippen LogP contribution in [0.15, 0.2) is 30.8 Å². The maximum absolute atomic E-state index is 3.66. The van der Waals surface area contributed by atoms with Gasteiger partial charge in [-0.1, -0.05) is 104 Å². The standard InChI is InChI=1S/C9H10.C5H12.C3H8.C2H6/c1-3-9-6-4-8(2)5-7-9;1-4-5(2)3;1-3-2;1-2/h3-7H,1H2,2H3;5H,4H2,1-3H3;3H2,1-2H3;1-2H3. The molecule has 0 bridgehead atoms. The van der Waals surface area contributed by atoms with Crippen molar-refractivity contribution in [2.75, 3.05) is 0 Å². The lowest BCUT2D eigenvalue weighted by Crippen LogP contribution is -1.77. The Balaban J connectivity index is -0.000000219. The van der Waals surface area contributed by atoms with Gasteiger partial charge in [-0.15, -0.1) is 0 Å². The Morgan fingerprint density at radius 1 is 1.00 bits per heavy atom. The van der Waals surface area contributed by atoms with Gasteiger partial charge in [-0.25, -0.2) is 0 Å². The van der Waals surface area contributed by atoms with E-state index >= 15 is 0 Å². The van der Waals surface area contributed by atoms with Crippen molar-refractivity contribution in [3.63, 3.8) is 0 Å². The summed E-state index contributed by atoms with van der Waals surface area (Å²) in [7, 11) is 0. The average molecular weight is 264 g/mol. The molecule has 19 heavy (non-hydrogen) atoms. The van der Waals surface area contributed by atoms with Crippen LogP contribution < -0.4 is 0 Å². The highest BCUT2D eigenvalue weighted by molar-refractivity contribution is 5.46. The number of benzene rings is 1. The van der Waals surface area contributed by atoms with Gasteiger partial charge >= 0.3 is 0 Å². The molecular formula is C19H36. The molecule has 0 atom stereocenters. The van der Waals surface area contributed by atoms with Crippen molar-refractivity contribution in [2.45, 2.75) is 68.2 Å². The van der Waals surface area contributed by atoms with E-state index in [-0.39, 0.29) is 0 Å². The minimum Gasteiger partial charge on any atom is -0.0985 e. The van der Waals surface area contributed by atoms with E-state index in [0.717, 1.165) is 5.92 Å². The molecule has 0 saturated carbocycles. The molecule has 0 fully saturated rings. The van der Waals surface area contributed by atoms with E-state index in [1.54, 1.807) is 0 Å². The van der Waals surface area contributed by atoms with Crippen LogP contribution in [0.4, 0.5) is 0 Å². The maximum Gasteiger partial charge on any atom is -0.0262 e. The largest absolute Gasteiger partial charge is 0.0985 e. The molecule has 0 aliphatic carbocycles. The summed E-state index contributed by atoms with van der Waals surface area (Å²) in [6.45, 7) is 20.6. The van der Waals surface area contributed by atoms with E-state index in [9.17, 15) is 0 Å². The van der Waals surface area contributed by atoms with Crippen molar-refractivity contribution in [1.29, 1.82) is 0 Å². The molecule has 0 amide bonds. The molecule has 0 saturated heterocycles. The maximum atomic E-state index is 3.66. The number of hydrogen-bond donors (Lipinski definition) is 0. The molecule has 0 aromatic heterocycles. The molecule has 0 N–H and O–H groups in total. The Labute approximate surface area is 123 Å². The Morgan fingerprint density at radius 2 is 1.32 bits per heavy atom. The summed E-state index contributed by atoms with van der Waals surface area (Å²) in [5.41, 5.74) is 2.47. The van der Waals surface area contributed by atoms with E-state index in [0.29, 0.717) is 0 Å². The van der Waals surface area contributed by atoms with E-state index in [4.69, 9.17) is 0 Å². The van der Waals surface area contributed by atoms with Crippen LogP contribution in [-0.4, -0.2) is 0 Å². The third-order valence-corrected chi connectivity index (χ3v) is 2.13. The first kappa shape index (κ1) is 23.1. The highest BCUT2D eigenvalue weighted by atomic mass is 13.9. The molecule has 1 aromatic carbocycles. The zero-order valence-corrected chi connectivity index (χ0v) is 14.6. The van der Waals surface area contributed by atoms with Crippen molar-refractivity contribution in [3.05, 3.63) is 42.0 Å². The van der Waals surface area contributed by atoms with Gasteiger partial charge in [0.2, 0.25) is 0 Å². The Morgan fingerprint density at radius 3 is 1.53 bits per heavy atom. The average Bonchev–Trinajstić information content (AvgIpc) is 2.43. The molecule has 0 heteroatoms. The number of aryl methyl sites for hydroxylation is 1. The second-order valence-electron chi connectivity index (χ2n) is 4.62. The van der Waals surface area contributed by atoms with Gasteiger partial charge in [0.25, 0.3) is 0 Å². The lowest BCUT2D eigenvalue weighted by Gasteiger charge is -1.91. The third kappa shape index (κ3) is 22.6. The van der Waals surface area contributed by atoms with Crippen molar-refractivity contribution < 1.29 is 0 Å². The molecule has 1 rings (SSSR count). The van der Waals surface area contributed by atoms with Crippen LogP contribution in [0.5, 0.6) is 0 Å². The first-order valence-corrected chi connectivity index (χ1v) is 7.70. The first-order valence-electron chi connectivity index (χ1n) is 7.70. The normalized spacial score (nSPS) is 8.05. The SMILES string of the molecule is C=Cc1ccc(C)cc1.CC.CCC.CCC(C)C. The van der Waals surface area contributed by atoms with Gasteiger partial charge in [0.15, 0.2) is 0 Å². The van der Waals surface area contributed by atoms with Crippen LogP contribution in [0, 0.1) is 12.8 Å². The van der Waals surface area contributed by atoms with E-state index in [1.165, 1.54) is 24.0 Å². The smallest absolute Gasteiger partial charge is 0.0262 e.